The zero-order valence-corrected chi connectivity index (χ0v) is 15.0. The Balaban J connectivity index is 2.76. The van der Waals surface area contributed by atoms with Crippen LogP contribution in [0.15, 0.2) is 18.5 Å². The third kappa shape index (κ3) is 4.85. The van der Waals surface area contributed by atoms with Gasteiger partial charge >= 0.3 is 0 Å². The minimum absolute atomic E-state index is 0.179. The van der Waals surface area contributed by atoms with Gasteiger partial charge in [0.25, 0.3) is 0 Å². The van der Waals surface area contributed by atoms with Crippen LogP contribution in [-0.2, 0) is 16.4 Å². The highest BCUT2D eigenvalue weighted by molar-refractivity contribution is 7.92. The minimum atomic E-state index is -3.07. The van der Waals surface area contributed by atoms with Gasteiger partial charge in [-0.05, 0) is 44.9 Å². The van der Waals surface area contributed by atoms with Gasteiger partial charge in [0.15, 0.2) is 9.84 Å². The average molecular weight is 314 g/mol. The molecule has 0 aliphatic rings. The number of aromatic nitrogens is 1. The van der Waals surface area contributed by atoms with Gasteiger partial charge in [-0.3, -0.25) is 0 Å². The summed E-state index contributed by atoms with van der Waals surface area (Å²) in [7, 11) is -3.07. The Morgan fingerprint density at radius 1 is 1.29 bits per heavy atom. The Kier molecular flexibility index (Phi) is 6.05. The Hall–Kier alpha value is -0.810. The molecule has 1 unspecified atom stereocenters. The molecular formula is C16H30N2O2S. The molecule has 4 nitrogen and oxygen atoms in total. The molecule has 1 heterocycles. The molecule has 0 radical (unpaired) electrons. The molecule has 5 heteroatoms. The van der Waals surface area contributed by atoms with Crippen molar-refractivity contribution in [2.24, 2.45) is 5.92 Å². The van der Waals surface area contributed by atoms with E-state index in [9.17, 15) is 8.42 Å². The predicted octanol–water partition coefficient (Wildman–Crippen LogP) is 3.01. The van der Waals surface area contributed by atoms with Gasteiger partial charge in [0.05, 0.1) is 10.5 Å². The number of rotatable bonds is 7. The Morgan fingerprint density at radius 3 is 2.38 bits per heavy atom. The molecule has 1 aromatic heterocycles. The van der Waals surface area contributed by atoms with Crippen molar-refractivity contribution >= 4 is 9.84 Å². The van der Waals surface area contributed by atoms with E-state index in [4.69, 9.17) is 0 Å². The van der Waals surface area contributed by atoms with Crippen molar-refractivity contribution < 1.29 is 8.42 Å². The van der Waals surface area contributed by atoms with Gasteiger partial charge in [-0.1, -0.05) is 20.8 Å². The number of nitrogens with zero attached hydrogens (tertiary/aromatic N) is 1. The summed E-state index contributed by atoms with van der Waals surface area (Å²) in [6.07, 6.45) is 4.03. The first-order valence-electron chi connectivity index (χ1n) is 7.70. The van der Waals surface area contributed by atoms with Gasteiger partial charge in [0.1, 0.15) is 0 Å². The molecule has 0 aliphatic heterocycles. The lowest BCUT2D eigenvalue weighted by Gasteiger charge is -2.21. The molecule has 0 aromatic carbocycles. The first-order valence-corrected chi connectivity index (χ1v) is 9.35. The second kappa shape index (κ2) is 6.97. The first-order chi connectivity index (χ1) is 9.58. The van der Waals surface area contributed by atoms with Crippen LogP contribution in [0.2, 0.25) is 0 Å². The highest BCUT2D eigenvalue weighted by Crippen LogP contribution is 2.22. The van der Waals surface area contributed by atoms with E-state index < -0.39 is 14.6 Å². The van der Waals surface area contributed by atoms with Gasteiger partial charge in [0.2, 0.25) is 0 Å². The minimum Gasteiger partial charge on any atom is -0.353 e. The number of aryl methyl sites for hydroxylation is 1. The van der Waals surface area contributed by atoms with Crippen molar-refractivity contribution in [2.45, 2.75) is 58.9 Å². The van der Waals surface area contributed by atoms with Crippen LogP contribution < -0.4 is 5.32 Å². The fourth-order valence-corrected chi connectivity index (χ4v) is 3.34. The van der Waals surface area contributed by atoms with Gasteiger partial charge in [-0.25, -0.2) is 8.42 Å². The summed E-state index contributed by atoms with van der Waals surface area (Å²) in [5.74, 6) is 0.678. The molecule has 1 rings (SSSR count). The Labute approximate surface area is 129 Å². The van der Waals surface area contributed by atoms with E-state index in [1.165, 1.54) is 5.56 Å². The molecule has 0 bridgehead atoms. The van der Waals surface area contributed by atoms with Gasteiger partial charge in [-0.15, -0.1) is 0 Å². The Bertz CT molecular complexity index is 539. The van der Waals surface area contributed by atoms with Crippen LogP contribution >= 0.6 is 0 Å². The van der Waals surface area contributed by atoms with Crippen molar-refractivity contribution in [3.05, 3.63) is 24.0 Å². The second-order valence-electron chi connectivity index (χ2n) is 6.89. The maximum absolute atomic E-state index is 12.2. The molecule has 1 aromatic rings. The fraction of sp³-hybridized carbons (Fsp3) is 0.750. The molecule has 1 N–H and O–H groups in total. The van der Waals surface area contributed by atoms with Crippen LogP contribution in [0.1, 0.15) is 53.1 Å². The van der Waals surface area contributed by atoms with E-state index in [1.54, 1.807) is 20.8 Å². The molecule has 1 atom stereocenters. The SMILES string of the molecule is CCNC(c1ccn(CCS(=O)(=O)C(C)(C)C)c1)C(C)C. The number of hydrogen-bond acceptors (Lipinski definition) is 3. The summed E-state index contributed by atoms with van der Waals surface area (Å²) in [6.45, 7) is 13.2. The van der Waals surface area contributed by atoms with E-state index in [0.717, 1.165) is 6.54 Å². The number of sulfone groups is 1. The van der Waals surface area contributed by atoms with Crippen molar-refractivity contribution in [1.29, 1.82) is 0 Å². The van der Waals surface area contributed by atoms with E-state index >= 15 is 0 Å². The molecule has 0 saturated heterocycles. The van der Waals surface area contributed by atoms with E-state index in [0.29, 0.717) is 18.5 Å². The van der Waals surface area contributed by atoms with Gasteiger partial charge in [0, 0.05) is 25.0 Å². The standard InChI is InChI=1S/C16H30N2O2S/c1-7-17-15(13(2)3)14-8-9-18(12-14)10-11-21(19,20)16(4,5)6/h8-9,12-13,15,17H,7,10-11H2,1-6H3. The predicted molar refractivity (Wildman–Crippen MR) is 89.2 cm³/mol. The summed E-state index contributed by atoms with van der Waals surface area (Å²) in [5, 5.41) is 3.48. The zero-order chi connectivity index (χ0) is 16.3. The summed E-state index contributed by atoms with van der Waals surface area (Å²) in [4.78, 5) is 0. The summed E-state index contributed by atoms with van der Waals surface area (Å²) < 4.78 is 25.6. The molecule has 0 aliphatic carbocycles. The largest absolute Gasteiger partial charge is 0.353 e. The van der Waals surface area contributed by atoms with Crippen LogP contribution in [0, 0.1) is 5.92 Å². The maximum Gasteiger partial charge on any atom is 0.156 e. The van der Waals surface area contributed by atoms with E-state index in [-0.39, 0.29) is 5.75 Å². The highest BCUT2D eigenvalue weighted by atomic mass is 32.2. The van der Waals surface area contributed by atoms with Gasteiger partial charge < -0.3 is 9.88 Å². The van der Waals surface area contributed by atoms with Crippen LogP contribution in [0.25, 0.3) is 0 Å². The van der Waals surface area contributed by atoms with Crippen LogP contribution in [0.4, 0.5) is 0 Å². The Morgan fingerprint density at radius 2 is 1.90 bits per heavy atom. The maximum atomic E-state index is 12.2. The molecule has 0 amide bonds. The van der Waals surface area contributed by atoms with Crippen LogP contribution in [-0.4, -0.2) is 30.0 Å². The lowest BCUT2D eigenvalue weighted by Crippen LogP contribution is -2.31. The van der Waals surface area contributed by atoms with E-state index in [1.807, 2.05) is 10.8 Å². The van der Waals surface area contributed by atoms with Crippen molar-refractivity contribution in [2.75, 3.05) is 12.3 Å². The van der Waals surface area contributed by atoms with Crippen LogP contribution in [0.3, 0.4) is 0 Å². The van der Waals surface area contributed by atoms with Crippen molar-refractivity contribution in [3.63, 3.8) is 0 Å². The lowest BCUT2D eigenvalue weighted by atomic mass is 9.98. The van der Waals surface area contributed by atoms with Crippen molar-refractivity contribution in [1.82, 2.24) is 9.88 Å². The normalized spacial score (nSPS) is 14.6. The zero-order valence-electron chi connectivity index (χ0n) is 14.2. The summed E-state index contributed by atoms with van der Waals surface area (Å²) in [6, 6.07) is 2.40. The molecule has 0 spiro atoms. The summed E-state index contributed by atoms with van der Waals surface area (Å²) >= 11 is 0. The number of hydrogen-bond donors (Lipinski definition) is 1. The molecular weight excluding hydrogens is 284 g/mol. The quantitative estimate of drug-likeness (QED) is 0.841. The second-order valence-corrected chi connectivity index (χ2v) is 9.76. The van der Waals surface area contributed by atoms with Crippen LogP contribution in [0.5, 0.6) is 0 Å². The third-order valence-corrected chi connectivity index (χ3v) is 6.36. The first kappa shape index (κ1) is 18.2. The van der Waals surface area contributed by atoms with Crippen molar-refractivity contribution in [3.8, 4) is 0 Å². The topological polar surface area (TPSA) is 51.1 Å². The smallest absolute Gasteiger partial charge is 0.156 e. The third-order valence-electron chi connectivity index (χ3n) is 3.77. The average Bonchev–Trinajstić information content (AvgIpc) is 2.80. The molecule has 21 heavy (non-hydrogen) atoms. The fourth-order valence-electron chi connectivity index (χ4n) is 2.27. The van der Waals surface area contributed by atoms with Gasteiger partial charge in [-0.2, -0.15) is 0 Å². The lowest BCUT2D eigenvalue weighted by molar-refractivity contribution is 0.421. The van der Waals surface area contributed by atoms with E-state index in [2.05, 4.69) is 38.4 Å². The monoisotopic (exact) mass is 314 g/mol. The molecule has 122 valence electrons. The highest BCUT2D eigenvalue weighted by Gasteiger charge is 2.28. The summed E-state index contributed by atoms with van der Waals surface area (Å²) in [5.41, 5.74) is 1.22. The number of nitrogens with one attached hydrogen (secondary N) is 1. The molecule has 0 saturated carbocycles. The molecule has 0 fully saturated rings.